The minimum atomic E-state index is -2.01. The van der Waals surface area contributed by atoms with E-state index in [2.05, 4.69) is 45.4 Å². The van der Waals surface area contributed by atoms with Crippen molar-refractivity contribution >= 4 is 29.7 Å². The van der Waals surface area contributed by atoms with Crippen molar-refractivity contribution in [2.24, 2.45) is 17.8 Å². The Balaban J connectivity index is 0.00000386. The minimum absolute atomic E-state index is 0.0757. The number of phenolic OH excluding ortho intramolecular Hbond substituents is 1. The van der Waals surface area contributed by atoms with E-state index in [1.807, 2.05) is 72.0 Å². The number of phenols is 1. The van der Waals surface area contributed by atoms with Crippen LogP contribution in [-0.4, -0.2) is 79.5 Å². The minimum Gasteiger partial charge on any atom is -0.503 e. The molecule has 15 heteroatoms. The van der Waals surface area contributed by atoms with Crippen molar-refractivity contribution in [1.29, 1.82) is 0 Å². The quantitative estimate of drug-likeness (QED) is 0.0440. The maximum atomic E-state index is 14.7. The summed E-state index contributed by atoms with van der Waals surface area (Å²) in [4.78, 5) is 52.2. The fraction of sp³-hybridized carbons (Fsp3) is 0.571. The molecule has 2 aromatic carbocycles. The Kier molecular flexibility index (Phi) is 22.8. The highest BCUT2D eigenvalue weighted by molar-refractivity contribution is 5.91. The highest BCUT2D eigenvalue weighted by Gasteiger charge is 2.32. The summed E-state index contributed by atoms with van der Waals surface area (Å²) in [6.07, 6.45) is 2.27. The van der Waals surface area contributed by atoms with Gasteiger partial charge in [0.15, 0.2) is 17.4 Å². The average molecular weight is 809 g/mol. The Bertz CT molecular complexity index is 1560. The second-order valence-electron chi connectivity index (χ2n) is 15.2. The lowest BCUT2D eigenvalue weighted by atomic mass is 9.99. The molecule has 0 radical (unpaired) electrons. The first-order valence-electron chi connectivity index (χ1n) is 19.6. The molecular formula is C42H64F4N6O5. The molecule has 3 amide bonds. The standard InChI is InChI=1S/C39H55F4N5O5.C3H9N/c1-9-27(37(51)48-30(20-49)23(6)7)44-19-26(17-21(2)3)46-38(52)28(16-15-25-13-11-10-12-14-25)47-39(53)29(18-22(4)5)45-24(8)31-32(40)34(42)36(50)35(43)33(31)41;1-3-4-2/h10-14,20-23,26-30,44-45,50H,8-9,15-19H2,1-7H3,(H,46,52)(H,47,53)(H,48,51);4H,3H2,1-2H3/t26?,27-,28-,29?,30?;/m0./s1. The number of aromatic hydroxyl groups is 1. The van der Waals surface area contributed by atoms with Gasteiger partial charge in [-0.15, -0.1) is 0 Å². The van der Waals surface area contributed by atoms with E-state index >= 15 is 0 Å². The van der Waals surface area contributed by atoms with Gasteiger partial charge in [0.25, 0.3) is 0 Å². The first-order chi connectivity index (χ1) is 26.8. The molecule has 0 saturated heterocycles. The van der Waals surface area contributed by atoms with Crippen molar-refractivity contribution in [3.8, 4) is 5.75 Å². The summed E-state index contributed by atoms with van der Waals surface area (Å²) in [7, 11) is 1.93. The summed E-state index contributed by atoms with van der Waals surface area (Å²) >= 11 is 0. The smallest absolute Gasteiger partial charge is 0.243 e. The predicted molar refractivity (Wildman–Crippen MR) is 216 cm³/mol. The van der Waals surface area contributed by atoms with Crippen molar-refractivity contribution in [3.05, 3.63) is 71.3 Å². The molecule has 0 aliphatic carbocycles. The molecule has 0 aliphatic heterocycles. The Labute approximate surface area is 335 Å². The number of benzene rings is 2. The topological polar surface area (TPSA) is 161 Å². The summed E-state index contributed by atoms with van der Waals surface area (Å²) in [5.41, 5.74) is -0.958. The molecule has 0 spiro atoms. The molecule has 0 heterocycles. The van der Waals surface area contributed by atoms with E-state index in [0.717, 1.165) is 12.1 Å². The molecule has 0 bridgehead atoms. The van der Waals surface area contributed by atoms with Gasteiger partial charge in [-0.25, -0.2) is 8.78 Å². The van der Waals surface area contributed by atoms with Crippen LogP contribution in [0.1, 0.15) is 92.2 Å². The van der Waals surface area contributed by atoms with Crippen molar-refractivity contribution in [2.75, 3.05) is 20.1 Å². The van der Waals surface area contributed by atoms with E-state index in [4.69, 9.17) is 0 Å². The second kappa shape index (κ2) is 25.7. The van der Waals surface area contributed by atoms with E-state index in [1.54, 1.807) is 13.8 Å². The Morgan fingerprint density at radius 2 is 1.28 bits per heavy atom. The van der Waals surface area contributed by atoms with Crippen LogP contribution in [0, 0.1) is 41.0 Å². The number of aryl methyl sites for hydroxylation is 1. The Morgan fingerprint density at radius 1 is 0.754 bits per heavy atom. The number of amides is 3. The van der Waals surface area contributed by atoms with Gasteiger partial charge in [0, 0.05) is 18.3 Å². The van der Waals surface area contributed by atoms with Gasteiger partial charge in [-0.05, 0) is 69.0 Å². The third-order valence-corrected chi connectivity index (χ3v) is 9.08. The van der Waals surface area contributed by atoms with Crippen molar-refractivity contribution in [3.63, 3.8) is 0 Å². The summed E-state index contributed by atoms with van der Waals surface area (Å²) in [5.74, 6) is -11.3. The zero-order valence-electron chi connectivity index (χ0n) is 34.8. The summed E-state index contributed by atoms with van der Waals surface area (Å²) in [5, 5.41) is 26.6. The van der Waals surface area contributed by atoms with Crippen molar-refractivity contribution < 1.29 is 41.8 Å². The zero-order valence-corrected chi connectivity index (χ0v) is 34.8. The first kappa shape index (κ1) is 50.5. The van der Waals surface area contributed by atoms with Crippen LogP contribution in [0.3, 0.4) is 0 Å². The average Bonchev–Trinajstić information content (AvgIpc) is 3.16. The summed E-state index contributed by atoms with van der Waals surface area (Å²) in [6.45, 7) is 19.8. The van der Waals surface area contributed by atoms with Crippen LogP contribution < -0.4 is 31.9 Å². The number of rotatable bonds is 23. The van der Waals surface area contributed by atoms with Gasteiger partial charge in [-0.2, -0.15) is 8.78 Å². The van der Waals surface area contributed by atoms with Crippen molar-refractivity contribution in [2.45, 2.75) is 118 Å². The Morgan fingerprint density at radius 3 is 1.75 bits per heavy atom. The third-order valence-electron chi connectivity index (χ3n) is 9.08. The summed E-state index contributed by atoms with van der Waals surface area (Å²) < 4.78 is 57.7. The fourth-order valence-electron chi connectivity index (χ4n) is 5.76. The van der Waals surface area contributed by atoms with Gasteiger partial charge in [-0.1, -0.05) is 92.3 Å². The van der Waals surface area contributed by atoms with E-state index < -0.39 is 82.3 Å². The fourth-order valence-corrected chi connectivity index (χ4v) is 5.76. The molecule has 0 aromatic heterocycles. The van der Waals surface area contributed by atoms with Gasteiger partial charge in [0.2, 0.25) is 29.4 Å². The lowest BCUT2D eigenvalue weighted by molar-refractivity contribution is -0.130. The maximum absolute atomic E-state index is 14.7. The molecule has 2 rings (SSSR count). The Hall–Kier alpha value is -4.50. The number of aldehydes is 1. The van der Waals surface area contributed by atoms with E-state index in [9.17, 15) is 41.8 Å². The van der Waals surface area contributed by atoms with Crippen LogP contribution in [0.25, 0.3) is 5.70 Å². The number of hydrogen-bond donors (Lipinski definition) is 7. The normalized spacial score (nSPS) is 13.8. The number of nitrogens with one attached hydrogen (secondary N) is 6. The van der Waals surface area contributed by atoms with Crippen LogP contribution in [0.15, 0.2) is 36.9 Å². The number of carbonyl (C=O) groups is 4. The molecular weight excluding hydrogens is 744 g/mol. The van der Waals surface area contributed by atoms with E-state index in [1.165, 1.54) is 0 Å². The van der Waals surface area contributed by atoms with Gasteiger partial charge in [0.1, 0.15) is 18.4 Å². The molecule has 320 valence electrons. The lowest BCUT2D eigenvalue weighted by Gasteiger charge is -2.29. The zero-order chi connectivity index (χ0) is 43.4. The molecule has 11 nitrogen and oxygen atoms in total. The highest BCUT2D eigenvalue weighted by Crippen LogP contribution is 2.31. The van der Waals surface area contributed by atoms with Gasteiger partial charge < -0.3 is 41.8 Å². The molecule has 0 saturated carbocycles. The molecule has 2 aromatic rings. The molecule has 5 atom stereocenters. The van der Waals surface area contributed by atoms with E-state index in [-0.39, 0.29) is 43.0 Å². The van der Waals surface area contributed by atoms with Crippen molar-refractivity contribution in [1.82, 2.24) is 31.9 Å². The SMILES string of the molecule is C=C(NC(CC(C)C)C(=O)N[C@@H](CCc1ccccc1)C(=O)NC(CN[C@@H](CC)C(=O)NC(C=O)C(C)C)CC(C)C)c1c(F)c(F)c(O)c(F)c1F.CCNC. The number of carbonyl (C=O) groups excluding carboxylic acids is 4. The number of hydrogen-bond acceptors (Lipinski definition) is 8. The van der Waals surface area contributed by atoms with E-state index in [0.29, 0.717) is 25.5 Å². The monoisotopic (exact) mass is 808 g/mol. The van der Waals surface area contributed by atoms with Crippen LogP contribution in [0.2, 0.25) is 0 Å². The van der Waals surface area contributed by atoms with Gasteiger partial charge in [0.05, 0.1) is 17.6 Å². The highest BCUT2D eigenvalue weighted by atomic mass is 19.2. The van der Waals surface area contributed by atoms with Crippen LogP contribution in [0.4, 0.5) is 17.6 Å². The lowest BCUT2D eigenvalue weighted by Crippen LogP contribution is -2.56. The first-order valence-corrected chi connectivity index (χ1v) is 19.6. The van der Waals surface area contributed by atoms with Crippen LogP contribution in [0.5, 0.6) is 5.75 Å². The maximum Gasteiger partial charge on any atom is 0.243 e. The molecule has 57 heavy (non-hydrogen) atoms. The second-order valence-corrected chi connectivity index (χ2v) is 15.2. The predicted octanol–water partition coefficient (Wildman–Crippen LogP) is 5.51. The summed E-state index contributed by atoms with van der Waals surface area (Å²) in [6, 6.07) is 5.18. The third kappa shape index (κ3) is 16.9. The molecule has 7 N–H and O–H groups in total. The van der Waals surface area contributed by atoms with Gasteiger partial charge in [-0.3, -0.25) is 14.4 Å². The largest absolute Gasteiger partial charge is 0.503 e. The molecule has 3 unspecified atom stereocenters. The van der Waals surface area contributed by atoms with Crippen LogP contribution >= 0.6 is 0 Å². The molecule has 0 aliphatic rings. The van der Waals surface area contributed by atoms with Crippen LogP contribution in [-0.2, 0) is 25.6 Å². The molecule has 0 fully saturated rings. The van der Waals surface area contributed by atoms with Gasteiger partial charge >= 0.3 is 0 Å². The number of halogens is 4.